The van der Waals surface area contributed by atoms with Crippen molar-refractivity contribution in [3.05, 3.63) is 34.9 Å². The third-order valence-electron chi connectivity index (χ3n) is 1.61. The molecule has 0 radical (unpaired) electrons. The molecule has 0 aliphatic carbocycles. The fourth-order valence-corrected chi connectivity index (χ4v) is 0.968. The Morgan fingerprint density at radius 2 is 2.08 bits per heavy atom. The number of nitriles is 1. The van der Waals surface area contributed by atoms with Gasteiger partial charge in [-0.15, -0.1) is 0 Å². The molecule has 0 aliphatic rings. The molecule has 0 spiro atoms. The zero-order valence-electron chi connectivity index (χ0n) is 6.56. The minimum atomic E-state index is -0.953. The zero-order chi connectivity index (χ0) is 9.14. The Bertz CT molecular complexity index is 339. The normalized spacial score (nSPS) is 9.50. The molecule has 0 fully saturated rings. The van der Waals surface area contributed by atoms with Crippen molar-refractivity contribution in [2.75, 3.05) is 0 Å². The molecule has 0 saturated carbocycles. The molecule has 12 heavy (non-hydrogen) atoms. The van der Waals surface area contributed by atoms with Gasteiger partial charge in [-0.1, -0.05) is 6.92 Å². The molecule has 0 aromatic heterocycles. The van der Waals surface area contributed by atoms with Crippen LogP contribution in [0.2, 0.25) is 0 Å². The van der Waals surface area contributed by atoms with E-state index in [9.17, 15) is 8.78 Å². The molecule has 0 bridgehead atoms. The summed E-state index contributed by atoms with van der Waals surface area (Å²) in [5.41, 5.74) is 0.400. The third kappa shape index (κ3) is 1.42. The van der Waals surface area contributed by atoms with Crippen LogP contribution in [-0.4, -0.2) is 0 Å². The SMILES string of the molecule is CCc1cc(C#N)cc(F)c1F. The molecule has 0 heterocycles. The second-order valence-corrected chi connectivity index (χ2v) is 2.40. The molecule has 0 N–H and O–H groups in total. The minimum absolute atomic E-state index is 0.158. The smallest absolute Gasteiger partial charge is 0.162 e. The van der Waals surface area contributed by atoms with E-state index in [1.165, 1.54) is 6.07 Å². The summed E-state index contributed by atoms with van der Waals surface area (Å²) in [6.07, 6.45) is 0.387. The molecule has 0 saturated heterocycles. The summed E-state index contributed by atoms with van der Waals surface area (Å²) in [6.45, 7) is 1.71. The average molecular weight is 167 g/mol. The summed E-state index contributed by atoms with van der Waals surface area (Å²) in [5, 5.41) is 8.43. The number of benzene rings is 1. The van der Waals surface area contributed by atoms with E-state index in [1.54, 1.807) is 13.0 Å². The quantitative estimate of drug-likeness (QED) is 0.630. The second kappa shape index (κ2) is 3.31. The number of aryl methyl sites for hydroxylation is 1. The van der Waals surface area contributed by atoms with Crippen molar-refractivity contribution in [1.82, 2.24) is 0 Å². The van der Waals surface area contributed by atoms with Crippen molar-refractivity contribution in [2.24, 2.45) is 0 Å². The Morgan fingerprint density at radius 1 is 1.42 bits per heavy atom. The summed E-state index contributed by atoms with van der Waals surface area (Å²) < 4.78 is 25.5. The Hall–Kier alpha value is -1.43. The topological polar surface area (TPSA) is 23.8 Å². The molecular weight excluding hydrogens is 160 g/mol. The van der Waals surface area contributed by atoms with Crippen LogP contribution < -0.4 is 0 Å². The van der Waals surface area contributed by atoms with Crippen LogP contribution >= 0.6 is 0 Å². The van der Waals surface area contributed by atoms with E-state index in [0.717, 1.165) is 6.07 Å². The number of hydrogen-bond donors (Lipinski definition) is 0. The number of halogens is 2. The van der Waals surface area contributed by atoms with Crippen LogP contribution in [0.1, 0.15) is 18.1 Å². The van der Waals surface area contributed by atoms with Crippen LogP contribution in [0.4, 0.5) is 8.78 Å². The fourth-order valence-electron chi connectivity index (χ4n) is 0.968. The predicted octanol–water partition coefficient (Wildman–Crippen LogP) is 2.40. The average Bonchev–Trinajstić information content (AvgIpc) is 2.09. The van der Waals surface area contributed by atoms with Crippen LogP contribution in [0.5, 0.6) is 0 Å². The Morgan fingerprint density at radius 3 is 2.58 bits per heavy atom. The van der Waals surface area contributed by atoms with E-state index >= 15 is 0 Å². The first kappa shape index (κ1) is 8.66. The van der Waals surface area contributed by atoms with Gasteiger partial charge < -0.3 is 0 Å². The molecule has 0 atom stereocenters. The van der Waals surface area contributed by atoms with Crippen molar-refractivity contribution in [3.8, 4) is 6.07 Å². The van der Waals surface area contributed by atoms with Crippen LogP contribution in [0.15, 0.2) is 12.1 Å². The van der Waals surface area contributed by atoms with Gasteiger partial charge in [0.25, 0.3) is 0 Å². The first-order chi connectivity index (χ1) is 5.69. The maximum absolute atomic E-state index is 12.8. The van der Waals surface area contributed by atoms with E-state index in [1.807, 2.05) is 0 Å². The van der Waals surface area contributed by atoms with Crippen molar-refractivity contribution in [2.45, 2.75) is 13.3 Å². The number of nitrogens with zero attached hydrogens (tertiary/aromatic N) is 1. The molecule has 0 amide bonds. The standard InChI is InChI=1S/C9H7F2N/c1-2-7-3-6(5-12)4-8(10)9(7)11/h3-4H,2H2,1H3. The fraction of sp³-hybridized carbons (Fsp3) is 0.222. The van der Waals surface area contributed by atoms with Gasteiger partial charge in [0.15, 0.2) is 11.6 Å². The van der Waals surface area contributed by atoms with Gasteiger partial charge in [-0.05, 0) is 24.1 Å². The first-order valence-electron chi connectivity index (χ1n) is 3.57. The summed E-state index contributed by atoms with van der Waals surface area (Å²) in [7, 11) is 0. The highest BCUT2D eigenvalue weighted by molar-refractivity contribution is 5.34. The molecule has 0 aliphatic heterocycles. The molecule has 1 aromatic carbocycles. The van der Waals surface area contributed by atoms with Crippen LogP contribution in [0.25, 0.3) is 0 Å². The molecular formula is C9H7F2N. The summed E-state index contributed by atoms with van der Waals surface area (Å²) >= 11 is 0. The predicted molar refractivity (Wildman–Crippen MR) is 40.5 cm³/mol. The third-order valence-corrected chi connectivity index (χ3v) is 1.61. The van der Waals surface area contributed by atoms with Gasteiger partial charge in [-0.2, -0.15) is 5.26 Å². The van der Waals surface area contributed by atoms with Gasteiger partial charge >= 0.3 is 0 Å². The lowest BCUT2D eigenvalue weighted by Gasteiger charge is -2.00. The minimum Gasteiger partial charge on any atom is -0.204 e. The highest BCUT2D eigenvalue weighted by Gasteiger charge is 2.08. The van der Waals surface area contributed by atoms with E-state index in [-0.39, 0.29) is 11.1 Å². The molecule has 1 nitrogen and oxygen atoms in total. The van der Waals surface area contributed by atoms with E-state index in [4.69, 9.17) is 5.26 Å². The van der Waals surface area contributed by atoms with Gasteiger partial charge in [0, 0.05) is 0 Å². The lowest BCUT2D eigenvalue weighted by Crippen LogP contribution is -1.94. The Balaban J connectivity index is 3.31. The van der Waals surface area contributed by atoms with E-state index in [0.29, 0.717) is 6.42 Å². The van der Waals surface area contributed by atoms with Crippen molar-refractivity contribution < 1.29 is 8.78 Å². The second-order valence-electron chi connectivity index (χ2n) is 2.40. The van der Waals surface area contributed by atoms with Gasteiger partial charge in [0.2, 0.25) is 0 Å². The van der Waals surface area contributed by atoms with Crippen molar-refractivity contribution in [1.29, 1.82) is 5.26 Å². The lowest BCUT2D eigenvalue weighted by atomic mass is 10.1. The molecule has 3 heteroatoms. The Labute approximate surface area is 69.2 Å². The molecule has 62 valence electrons. The highest BCUT2D eigenvalue weighted by Crippen LogP contribution is 2.14. The van der Waals surface area contributed by atoms with Crippen LogP contribution in [-0.2, 0) is 6.42 Å². The molecule has 1 rings (SSSR count). The van der Waals surface area contributed by atoms with Gasteiger partial charge in [-0.3, -0.25) is 0 Å². The molecule has 1 aromatic rings. The molecule has 0 unspecified atom stereocenters. The summed E-state index contributed by atoms with van der Waals surface area (Å²) in [5.74, 6) is -1.80. The number of hydrogen-bond acceptors (Lipinski definition) is 1. The van der Waals surface area contributed by atoms with Crippen LogP contribution in [0.3, 0.4) is 0 Å². The van der Waals surface area contributed by atoms with Gasteiger partial charge in [0.05, 0.1) is 11.6 Å². The largest absolute Gasteiger partial charge is 0.204 e. The first-order valence-corrected chi connectivity index (χ1v) is 3.57. The summed E-state index contributed by atoms with van der Waals surface area (Å²) in [4.78, 5) is 0. The van der Waals surface area contributed by atoms with E-state index < -0.39 is 11.6 Å². The van der Waals surface area contributed by atoms with Gasteiger partial charge in [-0.25, -0.2) is 8.78 Å². The lowest BCUT2D eigenvalue weighted by molar-refractivity contribution is 0.499. The van der Waals surface area contributed by atoms with E-state index in [2.05, 4.69) is 0 Å². The zero-order valence-corrected chi connectivity index (χ0v) is 6.56. The van der Waals surface area contributed by atoms with Crippen molar-refractivity contribution >= 4 is 0 Å². The summed E-state index contributed by atoms with van der Waals surface area (Å²) in [6, 6.07) is 4.02. The monoisotopic (exact) mass is 167 g/mol. The Kier molecular flexibility index (Phi) is 2.39. The van der Waals surface area contributed by atoms with Gasteiger partial charge in [0.1, 0.15) is 0 Å². The maximum Gasteiger partial charge on any atom is 0.162 e. The maximum atomic E-state index is 12.8. The van der Waals surface area contributed by atoms with Crippen LogP contribution in [0, 0.1) is 23.0 Å². The number of rotatable bonds is 1. The highest BCUT2D eigenvalue weighted by atomic mass is 19.2. The van der Waals surface area contributed by atoms with Crippen molar-refractivity contribution in [3.63, 3.8) is 0 Å².